The molecule has 0 aromatic heterocycles. The smallest absolute Gasteiger partial charge is 0.236 e. The van der Waals surface area contributed by atoms with Crippen molar-refractivity contribution in [2.45, 2.75) is 6.92 Å². The molecule has 0 aromatic rings. The van der Waals surface area contributed by atoms with E-state index in [0.29, 0.717) is 0 Å². The quantitative estimate of drug-likeness (QED) is 0.505. The van der Waals surface area contributed by atoms with Gasteiger partial charge in [-0.3, -0.25) is 0 Å². The molecule has 0 spiro atoms. The van der Waals surface area contributed by atoms with E-state index >= 15 is 0 Å². The van der Waals surface area contributed by atoms with Gasteiger partial charge in [0, 0.05) is 6.20 Å². The fourth-order valence-electron chi connectivity index (χ4n) is 0.458. The molecular weight excluding hydrogens is 140 g/mol. The third-order valence-electron chi connectivity index (χ3n) is 1.07. The number of hydrogen-bond acceptors (Lipinski definition) is 4. The van der Waals surface area contributed by atoms with Crippen LogP contribution in [0.5, 0.6) is 0 Å². The highest BCUT2D eigenvalue weighted by molar-refractivity contribution is 8.09. The fraction of sp³-hybridized carbons (Fsp3) is 0.250. The molecule has 0 fully saturated rings. The number of nitrogens with two attached hydrogens (primary N) is 1. The summed E-state index contributed by atoms with van der Waals surface area (Å²) >= 11 is 0. The molecule has 0 saturated carbocycles. The SMILES string of the molecule is CC1=CN=C(N)S1(=O)=O. The van der Waals surface area contributed by atoms with E-state index in [9.17, 15) is 8.42 Å². The van der Waals surface area contributed by atoms with Gasteiger partial charge in [0.1, 0.15) is 0 Å². The first-order chi connectivity index (χ1) is 4.05. The minimum absolute atomic E-state index is 0.208. The Morgan fingerprint density at radius 1 is 1.67 bits per heavy atom. The number of allylic oxidation sites excluding steroid dienone is 1. The summed E-state index contributed by atoms with van der Waals surface area (Å²) in [6.07, 6.45) is 1.24. The van der Waals surface area contributed by atoms with Crippen molar-refractivity contribution in [2.75, 3.05) is 0 Å². The first-order valence-corrected chi connectivity index (χ1v) is 3.78. The largest absolute Gasteiger partial charge is 0.374 e. The highest BCUT2D eigenvalue weighted by Crippen LogP contribution is 2.12. The average molecular weight is 146 g/mol. The standard InChI is InChI=1S/C4H6N2O2S/c1-3-2-6-4(5)9(3,7)8/h2H,1H3,(H2,5,6). The molecule has 0 aromatic carbocycles. The number of nitrogens with zero attached hydrogens (tertiary/aromatic N) is 1. The van der Waals surface area contributed by atoms with Crippen LogP contribution in [-0.4, -0.2) is 13.6 Å². The molecule has 9 heavy (non-hydrogen) atoms. The fourth-order valence-corrected chi connectivity index (χ4v) is 1.17. The third kappa shape index (κ3) is 0.730. The van der Waals surface area contributed by atoms with Gasteiger partial charge in [0.15, 0.2) is 0 Å². The van der Waals surface area contributed by atoms with E-state index in [4.69, 9.17) is 5.73 Å². The maximum Gasteiger partial charge on any atom is 0.236 e. The van der Waals surface area contributed by atoms with Gasteiger partial charge < -0.3 is 5.73 Å². The molecule has 4 nitrogen and oxygen atoms in total. The molecule has 5 heteroatoms. The Morgan fingerprint density at radius 2 is 2.22 bits per heavy atom. The van der Waals surface area contributed by atoms with Crippen LogP contribution in [0.4, 0.5) is 0 Å². The Bertz CT molecular complexity index is 262. The van der Waals surface area contributed by atoms with Crippen molar-refractivity contribution in [1.82, 2.24) is 0 Å². The zero-order valence-electron chi connectivity index (χ0n) is 4.83. The lowest BCUT2D eigenvalue weighted by atomic mass is 10.7. The molecule has 0 radical (unpaired) electrons. The predicted molar refractivity (Wildman–Crippen MR) is 34.3 cm³/mol. The molecule has 2 N–H and O–H groups in total. The molecule has 0 atom stereocenters. The molecular formula is C4H6N2O2S. The van der Waals surface area contributed by atoms with Gasteiger partial charge in [0.25, 0.3) is 0 Å². The summed E-state index contributed by atoms with van der Waals surface area (Å²) in [6.45, 7) is 1.46. The van der Waals surface area contributed by atoms with Gasteiger partial charge in [-0.15, -0.1) is 0 Å². The number of rotatable bonds is 0. The van der Waals surface area contributed by atoms with E-state index in [2.05, 4.69) is 4.99 Å². The molecule has 0 unspecified atom stereocenters. The molecule has 0 bridgehead atoms. The molecule has 1 heterocycles. The zero-order chi connectivity index (χ0) is 7.07. The van der Waals surface area contributed by atoms with Crippen LogP contribution < -0.4 is 5.73 Å². The lowest BCUT2D eigenvalue weighted by Gasteiger charge is -1.91. The molecule has 1 aliphatic rings. The number of amidine groups is 1. The highest BCUT2D eigenvalue weighted by atomic mass is 32.2. The van der Waals surface area contributed by atoms with Crippen molar-refractivity contribution >= 4 is 15.0 Å². The van der Waals surface area contributed by atoms with E-state index < -0.39 is 9.84 Å². The van der Waals surface area contributed by atoms with Gasteiger partial charge in [-0.1, -0.05) is 0 Å². The van der Waals surface area contributed by atoms with Gasteiger partial charge in [-0.2, -0.15) is 0 Å². The second-order valence-electron chi connectivity index (χ2n) is 1.71. The molecule has 0 amide bonds. The minimum Gasteiger partial charge on any atom is -0.374 e. The van der Waals surface area contributed by atoms with Crippen LogP contribution in [-0.2, 0) is 9.84 Å². The van der Waals surface area contributed by atoms with Gasteiger partial charge in [-0.25, -0.2) is 13.4 Å². The Labute approximate surface area is 53.0 Å². The summed E-state index contributed by atoms with van der Waals surface area (Å²) in [5.74, 6) is 0. The van der Waals surface area contributed by atoms with Crippen molar-refractivity contribution in [2.24, 2.45) is 10.7 Å². The van der Waals surface area contributed by atoms with Crippen molar-refractivity contribution in [3.63, 3.8) is 0 Å². The van der Waals surface area contributed by atoms with Gasteiger partial charge in [-0.05, 0) is 6.92 Å². The Morgan fingerprint density at radius 3 is 2.33 bits per heavy atom. The molecule has 0 saturated heterocycles. The normalized spacial score (nSPS) is 23.2. The summed E-state index contributed by atoms with van der Waals surface area (Å²) in [4.78, 5) is 3.62. The van der Waals surface area contributed by atoms with Crippen LogP contribution in [0.25, 0.3) is 0 Å². The topological polar surface area (TPSA) is 72.5 Å². The molecule has 50 valence electrons. The average Bonchev–Trinajstić information content (AvgIpc) is 1.96. The van der Waals surface area contributed by atoms with Crippen LogP contribution >= 0.6 is 0 Å². The minimum atomic E-state index is -3.31. The van der Waals surface area contributed by atoms with Gasteiger partial charge in [0.2, 0.25) is 15.0 Å². The van der Waals surface area contributed by atoms with Crippen molar-refractivity contribution < 1.29 is 8.42 Å². The Hall–Kier alpha value is -0.840. The van der Waals surface area contributed by atoms with E-state index in [1.54, 1.807) is 0 Å². The van der Waals surface area contributed by atoms with Crippen LogP contribution in [0.1, 0.15) is 6.92 Å². The highest BCUT2D eigenvalue weighted by Gasteiger charge is 2.22. The van der Waals surface area contributed by atoms with E-state index in [-0.39, 0.29) is 10.1 Å². The summed E-state index contributed by atoms with van der Waals surface area (Å²) in [6, 6.07) is 0. The van der Waals surface area contributed by atoms with Crippen LogP contribution in [0.2, 0.25) is 0 Å². The van der Waals surface area contributed by atoms with Crippen LogP contribution in [0.15, 0.2) is 16.1 Å². The first kappa shape index (κ1) is 6.28. The third-order valence-corrected chi connectivity index (χ3v) is 2.68. The second-order valence-corrected chi connectivity index (χ2v) is 3.78. The van der Waals surface area contributed by atoms with Crippen molar-refractivity contribution in [1.29, 1.82) is 0 Å². The predicted octanol–water partition coefficient (Wildman–Crippen LogP) is -0.409. The summed E-state index contributed by atoms with van der Waals surface area (Å²) < 4.78 is 21.5. The number of sulfone groups is 1. The van der Waals surface area contributed by atoms with Gasteiger partial charge >= 0.3 is 0 Å². The second kappa shape index (κ2) is 1.57. The maximum atomic E-state index is 10.8. The zero-order valence-corrected chi connectivity index (χ0v) is 5.64. The summed E-state index contributed by atoms with van der Waals surface area (Å²) in [5, 5.41) is -0.306. The first-order valence-electron chi connectivity index (χ1n) is 2.30. The molecule has 0 aliphatic carbocycles. The summed E-state index contributed by atoms with van der Waals surface area (Å²) in [5.41, 5.74) is 5.01. The maximum absolute atomic E-state index is 10.8. The van der Waals surface area contributed by atoms with Crippen molar-refractivity contribution in [3.05, 3.63) is 11.1 Å². The molecule has 1 rings (SSSR count). The van der Waals surface area contributed by atoms with Crippen LogP contribution in [0, 0.1) is 0 Å². The lowest BCUT2D eigenvalue weighted by Crippen LogP contribution is -2.20. The lowest BCUT2D eigenvalue weighted by molar-refractivity contribution is 0.613. The van der Waals surface area contributed by atoms with Crippen LogP contribution in [0.3, 0.4) is 0 Å². The molecule has 1 aliphatic heterocycles. The Balaban J connectivity index is 3.29. The van der Waals surface area contributed by atoms with Crippen molar-refractivity contribution in [3.8, 4) is 0 Å². The number of aliphatic imine (C=N–C) groups is 1. The summed E-state index contributed by atoms with van der Waals surface area (Å²) in [7, 11) is -3.31. The van der Waals surface area contributed by atoms with E-state index in [1.807, 2.05) is 0 Å². The Kier molecular flexibility index (Phi) is 1.10. The number of hydrogen-bond donors (Lipinski definition) is 1. The van der Waals surface area contributed by atoms with E-state index in [0.717, 1.165) is 0 Å². The monoisotopic (exact) mass is 146 g/mol. The van der Waals surface area contributed by atoms with Gasteiger partial charge in [0.05, 0.1) is 4.91 Å². The van der Waals surface area contributed by atoms with E-state index in [1.165, 1.54) is 13.1 Å².